The van der Waals surface area contributed by atoms with Gasteiger partial charge in [0.15, 0.2) is 0 Å². The van der Waals surface area contributed by atoms with E-state index < -0.39 is 0 Å². The van der Waals surface area contributed by atoms with Crippen molar-refractivity contribution in [2.75, 3.05) is 5.32 Å². The Morgan fingerprint density at radius 3 is 2.52 bits per heavy atom. The third-order valence-electron chi connectivity index (χ3n) is 3.90. The van der Waals surface area contributed by atoms with E-state index in [1.54, 1.807) is 36.5 Å². The zero-order valence-corrected chi connectivity index (χ0v) is 15.6. The molecule has 1 heterocycles. The van der Waals surface area contributed by atoms with Crippen LogP contribution in [-0.2, 0) is 0 Å². The standard InChI is InChI=1S/C21H13BrN4O/c22-17-5-3-16-12-19(8-4-15(16)11-17)27-20-9-10-24-21(26-20)25-18-6-1-14(13-23)2-7-18/h1-12H,(H,24,25,26). The third-order valence-corrected chi connectivity index (χ3v) is 4.39. The predicted octanol–water partition coefficient (Wildman–Crippen LogP) is 5.80. The molecule has 0 aliphatic heterocycles. The summed E-state index contributed by atoms with van der Waals surface area (Å²) in [5.41, 5.74) is 1.39. The molecule has 1 N–H and O–H groups in total. The molecule has 0 fully saturated rings. The molecule has 5 nitrogen and oxygen atoms in total. The SMILES string of the molecule is N#Cc1ccc(Nc2nccc(Oc3ccc4cc(Br)ccc4c3)n2)cc1. The second-order valence-corrected chi connectivity index (χ2v) is 6.70. The Labute approximate surface area is 164 Å². The van der Waals surface area contributed by atoms with E-state index in [0.717, 1.165) is 20.9 Å². The van der Waals surface area contributed by atoms with E-state index in [1.807, 2.05) is 30.3 Å². The molecule has 6 heteroatoms. The molecule has 0 aliphatic carbocycles. The van der Waals surface area contributed by atoms with Crippen LogP contribution in [0.1, 0.15) is 5.56 Å². The van der Waals surface area contributed by atoms with Crippen LogP contribution in [0.2, 0.25) is 0 Å². The van der Waals surface area contributed by atoms with Crippen LogP contribution in [0.5, 0.6) is 11.6 Å². The number of aromatic nitrogens is 2. The molecular weight excluding hydrogens is 404 g/mol. The summed E-state index contributed by atoms with van der Waals surface area (Å²) >= 11 is 3.48. The number of nitrogens with zero attached hydrogens (tertiary/aromatic N) is 3. The first kappa shape index (κ1) is 17.0. The number of halogens is 1. The average Bonchev–Trinajstić information content (AvgIpc) is 2.69. The van der Waals surface area contributed by atoms with E-state index >= 15 is 0 Å². The fourth-order valence-corrected chi connectivity index (χ4v) is 2.97. The highest BCUT2D eigenvalue weighted by molar-refractivity contribution is 9.10. The van der Waals surface area contributed by atoms with Gasteiger partial charge in [0.2, 0.25) is 11.8 Å². The van der Waals surface area contributed by atoms with Gasteiger partial charge < -0.3 is 10.1 Å². The minimum atomic E-state index is 0.418. The number of hydrogen-bond acceptors (Lipinski definition) is 5. The van der Waals surface area contributed by atoms with Crippen molar-refractivity contribution in [3.8, 4) is 17.7 Å². The van der Waals surface area contributed by atoms with E-state index in [-0.39, 0.29) is 0 Å². The van der Waals surface area contributed by atoms with Gasteiger partial charge in [-0.1, -0.05) is 28.1 Å². The van der Waals surface area contributed by atoms with E-state index in [4.69, 9.17) is 10.00 Å². The number of nitriles is 1. The summed E-state index contributed by atoms with van der Waals surface area (Å²) in [6.45, 7) is 0. The summed E-state index contributed by atoms with van der Waals surface area (Å²) in [5.74, 6) is 1.56. The Bertz CT molecular complexity index is 1150. The molecule has 4 aromatic rings. The molecular formula is C21H13BrN4O. The lowest BCUT2D eigenvalue weighted by Gasteiger charge is -2.09. The van der Waals surface area contributed by atoms with Crippen molar-refractivity contribution in [1.82, 2.24) is 9.97 Å². The molecule has 3 aromatic carbocycles. The molecule has 130 valence electrons. The second-order valence-electron chi connectivity index (χ2n) is 5.79. The molecule has 0 aliphatic rings. The summed E-state index contributed by atoms with van der Waals surface area (Å²) in [4.78, 5) is 8.59. The molecule has 0 bridgehead atoms. The number of ether oxygens (including phenoxy) is 1. The van der Waals surface area contributed by atoms with Crippen molar-refractivity contribution in [3.05, 3.63) is 83.0 Å². The van der Waals surface area contributed by atoms with Gasteiger partial charge in [0.25, 0.3) is 0 Å². The molecule has 0 saturated carbocycles. The van der Waals surface area contributed by atoms with E-state index in [9.17, 15) is 0 Å². The Kier molecular flexibility index (Phi) is 4.69. The van der Waals surface area contributed by atoms with Crippen molar-refractivity contribution in [2.45, 2.75) is 0 Å². The Hall–Kier alpha value is -3.43. The number of rotatable bonds is 4. The first-order chi connectivity index (χ1) is 13.2. The smallest absolute Gasteiger partial charge is 0.230 e. The van der Waals surface area contributed by atoms with Gasteiger partial charge in [-0.2, -0.15) is 10.2 Å². The average molecular weight is 417 g/mol. The number of anilines is 2. The maximum Gasteiger partial charge on any atom is 0.230 e. The molecule has 0 radical (unpaired) electrons. The first-order valence-corrected chi connectivity index (χ1v) is 8.96. The maximum atomic E-state index is 8.86. The zero-order chi connectivity index (χ0) is 18.6. The van der Waals surface area contributed by atoms with Gasteiger partial charge in [0.1, 0.15) is 5.75 Å². The van der Waals surface area contributed by atoms with E-state index in [0.29, 0.717) is 23.1 Å². The molecule has 0 unspecified atom stereocenters. The molecule has 0 atom stereocenters. The van der Waals surface area contributed by atoms with Crippen molar-refractivity contribution in [2.24, 2.45) is 0 Å². The van der Waals surface area contributed by atoms with Crippen molar-refractivity contribution < 1.29 is 4.74 Å². The Morgan fingerprint density at radius 1 is 0.926 bits per heavy atom. The monoisotopic (exact) mass is 416 g/mol. The first-order valence-electron chi connectivity index (χ1n) is 8.17. The van der Waals surface area contributed by atoms with Crippen LogP contribution in [0.15, 0.2) is 77.4 Å². The number of hydrogen-bond donors (Lipinski definition) is 1. The number of nitrogens with one attached hydrogen (secondary N) is 1. The van der Waals surface area contributed by atoms with E-state index in [2.05, 4.69) is 43.4 Å². The summed E-state index contributed by atoms with van der Waals surface area (Å²) in [6.07, 6.45) is 1.63. The van der Waals surface area contributed by atoms with Gasteiger partial charge in [-0.3, -0.25) is 0 Å². The second kappa shape index (κ2) is 7.44. The Morgan fingerprint density at radius 2 is 1.70 bits per heavy atom. The molecule has 0 saturated heterocycles. The minimum absolute atomic E-state index is 0.418. The lowest BCUT2D eigenvalue weighted by Crippen LogP contribution is -1.98. The lowest BCUT2D eigenvalue weighted by atomic mass is 10.1. The molecule has 1 aromatic heterocycles. The van der Waals surface area contributed by atoms with Crippen molar-refractivity contribution in [1.29, 1.82) is 5.26 Å². The van der Waals surface area contributed by atoms with Crippen molar-refractivity contribution in [3.63, 3.8) is 0 Å². The fourth-order valence-electron chi connectivity index (χ4n) is 2.60. The third kappa shape index (κ3) is 4.05. The lowest BCUT2D eigenvalue weighted by molar-refractivity contribution is 0.463. The van der Waals surface area contributed by atoms with Gasteiger partial charge in [-0.05, 0) is 59.3 Å². The summed E-state index contributed by atoms with van der Waals surface area (Å²) < 4.78 is 6.93. The molecule has 0 spiro atoms. The van der Waals surface area contributed by atoms with Gasteiger partial charge >= 0.3 is 0 Å². The van der Waals surface area contributed by atoms with Crippen LogP contribution in [0.4, 0.5) is 11.6 Å². The molecule has 0 amide bonds. The normalized spacial score (nSPS) is 10.4. The minimum Gasteiger partial charge on any atom is -0.439 e. The van der Waals surface area contributed by atoms with Gasteiger partial charge in [0, 0.05) is 22.4 Å². The fraction of sp³-hybridized carbons (Fsp3) is 0. The number of benzene rings is 3. The molecule has 4 rings (SSSR count). The highest BCUT2D eigenvalue weighted by Crippen LogP contribution is 2.27. The highest BCUT2D eigenvalue weighted by atomic mass is 79.9. The summed E-state index contributed by atoms with van der Waals surface area (Å²) in [6, 6.07) is 22.8. The molecule has 27 heavy (non-hydrogen) atoms. The van der Waals surface area contributed by atoms with Gasteiger partial charge in [0.05, 0.1) is 11.6 Å². The van der Waals surface area contributed by atoms with Crippen LogP contribution >= 0.6 is 15.9 Å². The van der Waals surface area contributed by atoms with Gasteiger partial charge in [-0.15, -0.1) is 0 Å². The van der Waals surface area contributed by atoms with Crippen LogP contribution in [0, 0.1) is 11.3 Å². The van der Waals surface area contributed by atoms with E-state index in [1.165, 1.54) is 0 Å². The van der Waals surface area contributed by atoms with Crippen LogP contribution in [0.25, 0.3) is 10.8 Å². The Balaban J connectivity index is 1.53. The summed E-state index contributed by atoms with van der Waals surface area (Å²) in [5, 5.41) is 14.2. The zero-order valence-electron chi connectivity index (χ0n) is 14.1. The number of fused-ring (bicyclic) bond motifs is 1. The van der Waals surface area contributed by atoms with Crippen molar-refractivity contribution >= 4 is 38.3 Å². The van der Waals surface area contributed by atoms with Crippen LogP contribution in [-0.4, -0.2) is 9.97 Å². The topological polar surface area (TPSA) is 70.8 Å². The quantitative estimate of drug-likeness (QED) is 0.455. The highest BCUT2D eigenvalue weighted by Gasteiger charge is 2.04. The maximum absolute atomic E-state index is 8.86. The van der Waals surface area contributed by atoms with Crippen LogP contribution < -0.4 is 10.1 Å². The van der Waals surface area contributed by atoms with Gasteiger partial charge in [-0.25, -0.2) is 4.98 Å². The largest absolute Gasteiger partial charge is 0.439 e. The summed E-state index contributed by atoms with van der Waals surface area (Å²) in [7, 11) is 0. The predicted molar refractivity (Wildman–Crippen MR) is 108 cm³/mol. The van der Waals surface area contributed by atoms with Crippen LogP contribution in [0.3, 0.4) is 0 Å².